The van der Waals surface area contributed by atoms with E-state index in [1.54, 1.807) is 4.90 Å². The summed E-state index contributed by atoms with van der Waals surface area (Å²) < 4.78 is 10.6. The molecule has 5 nitrogen and oxygen atoms in total. The minimum absolute atomic E-state index is 0.159. The fourth-order valence-electron chi connectivity index (χ4n) is 2.13. The molecule has 2 atom stereocenters. The topological polar surface area (TPSA) is 50.8 Å². The van der Waals surface area contributed by atoms with Crippen molar-refractivity contribution in [3.8, 4) is 0 Å². The molecule has 2 heterocycles. The minimum Gasteiger partial charge on any atom is -0.447 e. The standard InChI is InChI=1S/C10H18N2O3/c1-11-5-8-7-15-10(13)12(8)6-9-3-2-4-14-9/h8-9,11H,2-7H2,1H3. The average molecular weight is 214 g/mol. The first-order valence-corrected chi connectivity index (χ1v) is 5.51. The molecule has 0 saturated carbocycles. The summed E-state index contributed by atoms with van der Waals surface area (Å²) in [5.41, 5.74) is 0. The zero-order valence-corrected chi connectivity index (χ0v) is 9.07. The fourth-order valence-corrected chi connectivity index (χ4v) is 2.13. The van der Waals surface area contributed by atoms with Crippen LogP contribution in [0.5, 0.6) is 0 Å². The summed E-state index contributed by atoms with van der Waals surface area (Å²) in [6, 6.07) is 0.159. The number of nitrogens with one attached hydrogen (secondary N) is 1. The van der Waals surface area contributed by atoms with E-state index >= 15 is 0 Å². The number of rotatable bonds is 4. The number of cyclic esters (lactones) is 1. The van der Waals surface area contributed by atoms with Gasteiger partial charge >= 0.3 is 6.09 Å². The molecule has 0 bridgehead atoms. The van der Waals surface area contributed by atoms with Crippen molar-refractivity contribution in [1.29, 1.82) is 0 Å². The number of carbonyl (C=O) groups is 1. The van der Waals surface area contributed by atoms with Gasteiger partial charge in [0.15, 0.2) is 0 Å². The first kappa shape index (κ1) is 10.7. The van der Waals surface area contributed by atoms with Crippen LogP contribution in [0.1, 0.15) is 12.8 Å². The van der Waals surface area contributed by atoms with Gasteiger partial charge in [-0.3, -0.25) is 4.90 Å². The van der Waals surface area contributed by atoms with Gasteiger partial charge in [0.05, 0.1) is 18.7 Å². The lowest BCUT2D eigenvalue weighted by Crippen LogP contribution is -2.43. The lowest BCUT2D eigenvalue weighted by atomic mass is 10.2. The SMILES string of the molecule is CNCC1COC(=O)N1CC1CCCO1. The second-order valence-corrected chi connectivity index (χ2v) is 4.08. The highest BCUT2D eigenvalue weighted by atomic mass is 16.6. The number of nitrogens with zero attached hydrogens (tertiary/aromatic N) is 1. The van der Waals surface area contributed by atoms with Crippen LogP contribution >= 0.6 is 0 Å². The first-order valence-electron chi connectivity index (χ1n) is 5.51. The molecule has 2 fully saturated rings. The number of carbonyl (C=O) groups excluding carboxylic acids is 1. The molecule has 2 saturated heterocycles. The smallest absolute Gasteiger partial charge is 0.410 e. The van der Waals surface area contributed by atoms with Crippen LogP contribution in [0.3, 0.4) is 0 Å². The Balaban J connectivity index is 1.88. The molecular formula is C10H18N2O3. The van der Waals surface area contributed by atoms with Crippen LogP contribution in [-0.4, -0.2) is 56.5 Å². The van der Waals surface area contributed by atoms with E-state index < -0.39 is 0 Å². The molecule has 2 rings (SSSR count). The molecule has 0 aromatic heterocycles. The van der Waals surface area contributed by atoms with Crippen molar-refractivity contribution in [3.63, 3.8) is 0 Å². The van der Waals surface area contributed by atoms with Crippen LogP contribution in [0.4, 0.5) is 4.79 Å². The van der Waals surface area contributed by atoms with E-state index in [4.69, 9.17) is 9.47 Å². The van der Waals surface area contributed by atoms with Gasteiger partial charge in [-0.1, -0.05) is 0 Å². The van der Waals surface area contributed by atoms with E-state index in [2.05, 4.69) is 5.32 Å². The molecular weight excluding hydrogens is 196 g/mol. The predicted octanol–water partition coefficient (Wildman–Crippen LogP) is 0.206. The molecule has 0 radical (unpaired) electrons. The van der Waals surface area contributed by atoms with Crippen molar-refractivity contribution in [1.82, 2.24) is 10.2 Å². The van der Waals surface area contributed by atoms with Crippen LogP contribution in [0.25, 0.3) is 0 Å². The summed E-state index contributed by atoms with van der Waals surface area (Å²) in [4.78, 5) is 13.3. The Bertz CT molecular complexity index is 229. The Morgan fingerprint density at radius 1 is 1.60 bits per heavy atom. The van der Waals surface area contributed by atoms with Gasteiger partial charge in [-0.05, 0) is 19.9 Å². The summed E-state index contributed by atoms with van der Waals surface area (Å²) in [5.74, 6) is 0. The maximum atomic E-state index is 11.5. The lowest BCUT2D eigenvalue weighted by Gasteiger charge is -2.23. The van der Waals surface area contributed by atoms with Crippen LogP contribution in [0.2, 0.25) is 0 Å². The number of hydrogen-bond acceptors (Lipinski definition) is 4. The summed E-state index contributed by atoms with van der Waals surface area (Å²) in [6.45, 7) is 2.76. The van der Waals surface area contributed by atoms with Gasteiger partial charge in [0, 0.05) is 13.2 Å². The first-order chi connectivity index (χ1) is 7.31. The maximum Gasteiger partial charge on any atom is 0.410 e. The second-order valence-electron chi connectivity index (χ2n) is 4.08. The van der Waals surface area contributed by atoms with Gasteiger partial charge in [-0.25, -0.2) is 4.79 Å². The van der Waals surface area contributed by atoms with E-state index in [0.29, 0.717) is 13.2 Å². The van der Waals surface area contributed by atoms with E-state index in [-0.39, 0.29) is 18.2 Å². The summed E-state index contributed by atoms with van der Waals surface area (Å²) in [7, 11) is 1.88. The summed E-state index contributed by atoms with van der Waals surface area (Å²) in [5, 5.41) is 3.07. The Kier molecular flexibility index (Phi) is 3.43. The van der Waals surface area contributed by atoms with E-state index in [1.807, 2.05) is 7.05 Å². The highest BCUT2D eigenvalue weighted by Gasteiger charge is 2.34. The Labute approximate surface area is 89.7 Å². The molecule has 0 aliphatic carbocycles. The average Bonchev–Trinajstić information content (AvgIpc) is 2.83. The molecule has 5 heteroatoms. The molecule has 0 spiro atoms. The molecule has 15 heavy (non-hydrogen) atoms. The maximum absolute atomic E-state index is 11.5. The predicted molar refractivity (Wildman–Crippen MR) is 54.7 cm³/mol. The number of amides is 1. The summed E-state index contributed by atoms with van der Waals surface area (Å²) in [6.07, 6.45) is 2.15. The Hall–Kier alpha value is -0.810. The van der Waals surface area contributed by atoms with Crippen molar-refractivity contribution in [3.05, 3.63) is 0 Å². The fraction of sp³-hybridized carbons (Fsp3) is 0.900. The van der Waals surface area contributed by atoms with E-state index in [0.717, 1.165) is 26.0 Å². The van der Waals surface area contributed by atoms with Crippen molar-refractivity contribution in [2.75, 3.05) is 33.4 Å². The van der Waals surface area contributed by atoms with Gasteiger partial charge < -0.3 is 14.8 Å². The molecule has 2 unspecified atom stereocenters. The zero-order valence-electron chi connectivity index (χ0n) is 9.07. The van der Waals surface area contributed by atoms with Crippen LogP contribution in [-0.2, 0) is 9.47 Å². The van der Waals surface area contributed by atoms with Gasteiger partial charge in [-0.2, -0.15) is 0 Å². The van der Waals surface area contributed by atoms with Gasteiger partial charge in [0.1, 0.15) is 6.61 Å². The molecule has 0 aromatic rings. The highest BCUT2D eigenvalue weighted by Crippen LogP contribution is 2.18. The molecule has 1 amide bonds. The highest BCUT2D eigenvalue weighted by molar-refractivity contribution is 5.70. The third-order valence-electron chi connectivity index (χ3n) is 2.94. The Morgan fingerprint density at radius 2 is 2.47 bits per heavy atom. The van der Waals surface area contributed by atoms with Gasteiger partial charge in [0.2, 0.25) is 0 Å². The van der Waals surface area contributed by atoms with Gasteiger partial charge in [-0.15, -0.1) is 0 Å². The van der Waals surface area contributed by atoms with Crippen molar-refractivity contribution >= 4 is 6.09 Å². The lowest BCUT2D eigenvalue weighted by molar-refractivity contribution is 0.0760. The third-order valence-corrected chi connectivity index (χ3v) is 2.94. The quantitative estimate of drug-likeness (QED) is 0.726. The molecule has 0 aromatic carbocycles. The number of hydrogen-bond donors (Lipinski definition) is 1. The largest absolute Gasteiger partial charge is 0.447 e. The molecule has 2 aliphatic heterocycles. The van der Waals surface area contributed by atoms with Crippen molar-refractivity contribution < 1.29 is 14.3 Å². The minimum atomic E-state index is -0.203. The van der Waals surface area contributed by atoms with Crippen LogP contribution in [0.15, 0.2) is 0 Å². The molecule has 86 valence electrons. The molecule has 1 N–H and O–H groups in total. The van der Waals surface area contributed by atoms with E-state index in [9.17, 15) is 4.79 Å². The second kappa shape index (κ2) is 4.81. The normalized spacial score (nSPS) is 31.0. The zero-order chi connectivity index (χ0) is 10.7. The van der Waals surface area contributed by atoms with E-state index in [1.165, 1.54) is 0 Å². The third kappa shape index (κ3) is 2.41. The van der Waals surface area contributed by atoms with Crippen LogP contribution in [0, 0.1) is 0 Å². The molecule has 2 aliphatic rings. The number of ether oxygens (including phenoxy) is 2. The van der Waals surface area contributed by atoms with Crippen molar-refractivity contribution in [2.45, 2.75) is 25.0 Å². The Morgan fingerprint density at radius 3 is 3.13 bits per heavy atom. The van der Waals surface area contributed by atoms with Crippen LogP contribution < -0.4 is 5.32 Å². The summed E-state index contributed by atoms with van der Waals surface area (Å²) >= 11 is 0. The van der Waals surface area contributed by atoms with Crippen molar-refractivity contribution in [2.24, 2.45) is 0 Å². The van der Waals surface area contributed by atoms with Gasteiger partial charge in [0.25, 0.3) is 0 Å². The number of likely N-dealkylation sites (N-methyl/N-ethyl adjacent to an activating group) is 1. The monoisotopic (exact) mass is 214 g/mol.